The van der Waals surface area contributed by atoms with E-state index in [1.807, 2.05) is 35.2 Å². The second-order valence-electron chi connectivity index (χ2n) is 9.45. The van der Waals surface area contributed by atoms with E-state index in [1.54, 1.807) is 6.20 Å². The van der Waals surface area contributed by atoms with Crippen LogP contribution in [0, 0.1) is 0 Å². The average Bonchev–Trinajstić information content (AvgIpc) is 3.41. The highest BCUT2D eigenvalue weighted by molar-refractivity contribution is 5.57. The maximum atomic E-state index is 14.6. The van der Waals surface area contributed by atoms with Crippen molar-refractivity contribution in [2.45, 2.75) is 70.3 Å². The van der Waals surface area contributed by atoms with Gasteiger partial charge in [-0.1, -0.05) is 70.2 Å². The lowest BCUT2D eigenvalue weighted by Crippen LogP contribution is -2.32. The molecule has 170 valence electrons. The Kier molecular flexibility index (Phi) is 6.36. The molecule has 1 aliphatic rings. The fourth-order valence-corrected chi connectivity index (χ4v) is 5.11. The molecule has 0 bridgehead atoms. The lowest BCUT2D eigenvalue weighted by molar-refractivity contribution is 0.0219. The Morgan fingerprint density at radius 3 is 2.31 bits per heavy atom. The summed E-state index contributed by atoms with van der Waals surface area (Å²) >= 11 is 0. The molecule has 3 aromatic rings. The van der Waals surface area contributed by atoms with Gasteiger partial charge in [0.25, 0.3) is 5.92 Å². The molecular weight excluding hydrogens is 406 g/mol. The van der Waals surface area contributed by atoms with Crippen molar-refractivity contribution < 1.29 is 13.2 Å². The molecule has 32 heavy (non-hydrogen) atoms. The van der Waals surface area contributed by atoms with Crippen LogP contribution in [0.1, 0.15) is 80.7 Å². The van der Waals surface area contributed by atoms with Gasteiger partial charge in [-0.05, 0) is 41.0 Å². The largest absolute Gasteiger partial charge is 0.448 e. The van der Waals surface area contributed by atoms with Gasteiger partial charge >= 0.3 is 0 Å². The molecule has 2 aromatic carbocycles. The lowest BCUT2D eigenvalue weighted by atomic mass is 9.84. The highest BCUT2D eigenvalue weighted by Crippen LogP contribution is 2.42. The van der Waals surface area contributed by atoms with Crippen LogP contribution in [0.25, 0.3) is 0 Å². The van der Waals surface area contributed by atoms with Gasteiger partial charge in [-0.25, -0.2) is 13.8 Å². The molecule has 3 unspecified atom stereocenters. The summed E-state index contributed by atoms with van der Waals surface area (Å²) in [6, 6.07) is 16.1. The predicted octanol–water partition coefficient (Wildman–Crippen LogP) is 7.36. The first-order valence-corrected chi connectivity index (χ1v) is 11.5. The Morgan fingerprint density at radius 1 is 1.00 bits per heavy atom. The number of benzene rings is 2. The zero-order valence-corrected chi connectivity index (χ0v) is 19.3. The molecule has 1 aromatic heterocycles. The molecule has 3 nitrogen and oxygen atoms in total. The summed E-state index contributed by atoms with van der Waals surface area (Å²) in [6.45, 7) is 8.26. The number of rotatable bonds is 7. The number of aromatic nitrogens is 1. The first-order chi connectivity index (χ1) is 15.3. The van der Waals surface area contributed by atoms with Crippen molar-refractivity contribution in [3.05, 3.63) is 83.6 Å². The number of hydrogen-bond acceptors (Lipinski definition) is 3. The molecule has 3 atom stereocenters. The van der Waals surface area contributed by atoms with Crippen molar-refractivity contribution in [3.8, 4) is 0 Å². The third kappa shape index (κ3) is 4.57. The molecule has 0 spiro atoms. The van der Waals surface area contributed by atoms with Crippen LogP contribution in [0.3, 0.4) is 0 Å². The summed E-state index contributed by atoms with van der Waals surface area (Å²) in [5, 5.41) is 0. The van der Waals surface area contributed by atoms with E-state index in [9.17, 15) is 8.78 Å². The number of anilines is 1. The van der Waals surface area contributed by atoms with Crippen LogP contribution < -0.4 is 4.90 Å². The van der Waals surface area contributed by atoms with Gasteiger partial charge in [0, 0.05) is 24.1 Å². The van der Waals surface area contributed by atoms with Crippen LogP contribution in [-0.2, 0) is 0 Å². The molecule has 0 saturated carbocycles. The molecule has 0 aliphatic carbocycles. The molecule has 5 heteroatoms. The summed E-state index contributed by atoms with van der Waals surface area (Å²) in [7, 11) is 0. The lowest BCUT2D eigenvalue weighted by Gasteiger charge is -2.31. The van der Waals surface area contributed by atoms with Crippen LogP contribution in [0.2, 0.25) is 0 Å². The standard InChI is InChI=1S/C27H32F2N2O/c1-18(2)22-9-7-8-12-25(22)31-16-27(28,29)14-21(31)13-19(3)23-10-5-6-11-24(23)20(4)26-15-30-17-32-26/h5-12,15,17-21H,13-14,16H2,1-4H3. The van der Waals surface area contributed by atoms with Crippen molar-refractivity contribution in [1.29, 1.82) is 0 Å². The monoisotopic (exact) mass is 438 g/mol. The molecule has 1 saturated heterocycles. The molecule has 0 radical (unpaired) electrons. The molecule has 4 rings (SSSR count). The van der Waals surface area contributed by atoms with E-state index in [4.69, 9.17) is 4.42 Å². The first-order valence-electron chi connectivity index (χ1n) is 11.5. The number of alkyl halides is 2. The van der Waals surface area contributed by atoms with Crippen molar-refractivity contribution in [1.82, 2.24) is 4.98 Å². The van der Waals surface area contributed by atoms with E-state index >= 15 is 0 Å². The minimum Gasteiger partial charge on any atom is -0.448 e. The second kappa shape index (κ2) is 9.05. The number of halogens is 2. The predicted molar refractivity (Wildman–Crippen MR) is 125 cm³/mol. The van der Waals surface area contributed by atoms with E-state index in [0.29, 0.717) is 6.42 Å². The van der Waals surface area contributed by atoms with Crippen molar-refractivity contribution in [2.75, 3.05) is 11.4 Å². The zero-order valence-electron chi connectivity index (χ0n) is 19.3. The molecule has 1 aliphatic heterocycles. The molecule has 0 amide bonds. The maximum Gasteiger partial charge on any atom is 0.267 e. The second-order valence-corrected chi connectivity index (χ2v) is 9.45. The number of nitrogens with zero attached hydrogens (tertiary/aromatic N) is 2. The zero-order chi connectivity index (χ0) is 22.9. The Hall–Kier alpha value is -2.69. The van der Waals surface area contributed by atoms with Crippen molar-refractivity contribution in [3.63, 3.8) is 0 Å². The molecule has 1 fully saturated rings. The van der Waals surface area contributed by atoms with Crippen LogP contribution in [0.5, 0.6) is 0 Å². The Balaban J connectivity index is 1.62. The van der Waals surface area contributed by atoms with Crippen molar-refractivity contribution >= 4 is 5.69 Å². The Morgan fingerprint density at radius 2 is 1.66 bits per heavy atom. The topological polar surface area (TPSA) is 29.3 Å². The third-order valence-electron chi connectivity index (χ3n) is 6.74. The van der Waals surface area contributed by atoms with Crippen LogP contribution in [0.4, 0.5) is 14.5 Å². The van der Waals surface area contributed by atoms with Gasteiger partial charge in [0.1, 0.15) is 5.76 Å². The Labute approximate surface area is 189 Å². The minimum absolute atomic E-state index is 0.0546. The van der Waals surface area contributed by atoms with Gasteiger partial charge in [0.15, 0.2) is 6.39 Å². The minimum atomic E-state index is -2.68. The summed E-state index contributed by atoms with van der Waals surface area (Å²) in [5.41, 5.74) is 4.42. The fourth-order valence-electron chi connectivity index (χ4n) is 5.11. The molecule has 0 N–H and O–H groups in total. The molecular formula is C27H32F2N2O. The maximum absolute atomic E-state index is 14.6. The smallest absolute Gasteiger partial charge is 0.267 e. The van der Waals surface area contributed by atoms with Crippen LogP contribution in [0.15, 0.2) is 65.5 Å². The first kappa shape index (κ1) is 22.5. The van der Waals surface area contributed by atoms with E-state index in [1.165, 1.54) is 12.0 Å². The van der Waals surface area contributed by atoms with E-state index in [0.717, 1.165) is 22.6 Å². The molecule has 2 heterocycles. The number of hydrogen-bond donors (Lipinski definition) is 0. The average molecular weight is 439 g/mol. The number of oxazole rings is 1. The quantitative estimate of drug-likeness (QED) is 0.386. The van der Waals surface area contributed by atoms with Crippen LogP contribution in [-0.4, -0.2) is 23.5 Å². The van der Waals surface area contributed by atoms with Crippen LogP contribution >= 0.6 is 0 Å². The summed E-state index contributed by atoms with van der Waals surface area (Å²) in [4.78, 5) is 6.00. The van der Waals surface area contributed by atoms with Gasteiger partial charge in [-0.15, -0.1) is 0 Å². The Bertz CT molecular complexity index is 1030. The normalized spacial score (nSPS) is 20.0. The van der Waals surface area contributed by atoms with Gasteiger partial charge < -0.3 is 9.32 Å². The summed E-state index contributed by atoms with van der Waals surface area (Å²) in [5.74, 6) is -1.41. The highest BCUT2D eigenvalue weighted by atomic mass is 19.3. The highest BCUT2D eigenvalue weighted by Gasteiger charge is 2.46. The van der Waals surface area contributed by atoms with Gasteiger partial charge in [-0.2, -0.15) is 0 Å². The summed E-state index contributed by atoms with van der Waals surface area (Å²) < 4.78 is 34.8. The van der Waals surface area contributed by atoms with Gasteiger partial charge in [0.05, 0.1) is 12.7 Å². The van der Waals surface area contributed by atoms with Gasteiger partial charge in [0.2, 0.25) is 0 Å². The van der Waals surface area contributed by atoms with Crippen molar-refractivity contribution in [2.24, 2.45) is 0 Å². The SMILES string of the molecule is CC(C)c1ccccc1N1CC(F)(F)CC1CC(C)c1ccccc1C(C)c1cnco1. The number of para-hydroxylation sites is 1. The summed E-state index contributed by atoms with van der Waals surface area (Å²) in [6.07, 6.45) is 3.75. The van der Waals surface area contributed by atoms with Gasteiger partial charge in [-0.3, -0.25) is 0 Å². The van der Waals surface area contributed by atoms with E-state index in [2.05, 4.69) is 50.9 Å². The van der Waals surface area contributed by atoms with E-state index < -0.39 is 5.92 Å². The van der Waals surface area contributed by atoms with E-state index in [-0.39, 0.29) is 36.8 Å². The fraction of sp³-hybridized carbons (Fsp3) is 0.444. The third-order valence-corrected chi connectivity index (χ3v) is 6.74.